The van der Waals surface area contributed by atoms with Crippen molar-refractivity contribution in [2.45, 2.75) is 6.10 Å². The van der Waals surface area contributed by atoms with Crippen molar-refractivity contribution in [1.29, 1.82) is 0 Å². The summed E-state index contributed by atoms with van der Waals surface area (Å²) in [6.07, 6.45) is -1.41. The Hall–Kier alpha value is -3.02. The summed E-state index contributed by atoms with van der Waals surface area (Å²) in [6, 6.07) is 18.0. The molecule has 118 valence electrons. The minimum atomic E-state index is -0.578. The molecule has 1 fully saturated rings. The van der Waals surface area contributed by atoms with Gasteiger partial charge in [0.2, 0.25) is 0 Å². The van der Waals surface area contributed by atoms with Crippen LogP contribution in [0.5, 0.6) is 5.75 Å². The first kappa shape index (κ1) is 14.9. The summed E-state index contributed by atoms with van der Waals surface area (Å²) in [5.41, 5.74) is 0.770. The number of rotatable bonds is 4. The van der Waals surface area contributed by atoms with Crippen molar-refractivity contribution in [2.24, 2.45) is 0 Å². The molecule has 0 bridgehead atoms. The number of nitrogens with zero attached hydrogens (tertiary/aromatic N) is 1. The van der Waals surface area contributed by atoms with E-state index in [2.05, 4.69) is 5.32 Å². The Morgan fingerprint density at radius 1 is 1.13 bits per heavy atom. The number of ether oxygens (including phenoxy) is 2. The van der Waals surface area contributed by atoms with Crippen molar-refractivity contribution < 1.29 is 19.1 Å². The maximum Gasteiger partial charge on any atom is 0.414 e. The number of hydrogen-bond acceptors (Lipinski definition) is 4. The molecule has 2 amide bonds. The van der Waals surface area contributed by atoms with Crippen LogP contribution in [0, 0.1) is 0 Å². The second kappa shape index (κ2) is 6.83. The molecule has 1 N–H and O–H groups in total. The smallest absolute Gasteiger partial charge is 0.414 e. The molecule has 0 saturated carbocycles. The van der Waals surface area contributed by atoms with Gasteiger partial charge in [0, 0.05) is 5.69 Å². The van der Waals surface area contributed by atoms with E-state index in [-0.39, 0.29) is 6.54 Å². The van der Waals surface area contributed by atoms with Crippen molar-refractivity contribution in [3.05, 3.63) is 60.7 Å². The van der Waals surface area contributed by atoms with E-state index in [0.717, 1.165) is 5.69 Å². The molecule has 1 atom stereocenters. The summed E-state index contributed by atoms with van der Waals surface area (Å²) in [5.74, 6) is 0.458. The molecule has 3 rings (SSSR count). The fraction of sp³-hybridized carbons (Fsp3) is 0.176. The fourth-order valence-electron chi connectivity index (χ4n) is 2.28. The molecule has 2 aromatic rings. The summed E-state index contributed by atoms with van der Waals surface area (Å²) < 4.78 is 10.4. The Balaban J connectivity index is 1.50. The van der Waals surface area contributed by atoms with Crippen molar-refractivity contribution in [2.75, 3.05) is 18.0 Å². The van der Waals surface area contributed by atoms with Crippen LogP contribution < -0.4 is 15.0 Å². The number of carbonyl (C=O) groups excluding carboxylic acids is 2. The molecule has 2 aromatic carbocycles. The topological polar surface area (TPSA) is 67.9 Å². The standard InChI is InChI=1S/C17H16N2O4/c20-16(22-14-9-5-2-6-10-14)18-11-15-12-19(17(21)23-15)13-7-3-1-4-8-13/h1-10,15H,11-12H2,(H,18,20). The van der Waals surface area contributed by atoms with Gasteiger partial charge >= 0.3 is 12.2 Å². The van der Waals surface area contributed by atoms with Gasteiger partial charge in [0.05, 0.1) is 13.1 Å². The van der Waals surface area contributed by atoms with E-state index in [1.54, 1.807) is 24.3 Å². The Bertz CT molecular complexity index is 676. The number of carbonyl (C=O) groups is 2. The first-order valence-electron chi connectivity index (χ1n) is 7.26. The van der Waals surface area contributed by atoms with Crippen LogP contribution in [0.1, 0.15) is 0 Å². The lowest BCUT2D eigenvalue weighted by Crippen LogP contribution is -2.36. The summed E-state index contributed by atoms with van der Waals surface area (Å²) in [7, 11) is 0. The zero-order valence-electron chi connectivity index (χ0n) is 12.3. The maximum atomic E-state index is 11.9. The van der Waals surface area contributed by atoms with E-state index in [9.17, 15) is 9.59 Å². The molecule has 6 nitrogen and oxygen atoms in total. The zero-order chi connectivity index (χ0) is 16.1. The molecule has 6 heteroatoms. The van der Waals surface area contributed by atoms with E-state index >= 15 is 0 Å². The molecule has 1 saturated heterocycles. The second-order valence-corrected chi connectivity index (χ2v) is 5.04. The van der Waals surface area contributed by atoms with Crippen molar-refractivity contribution in [3.8, 4) is 5.75 Å². The predicted octanol–water partition coefficient (Wildman–Crippen LogP) is 2.80. The zero-order valence-corrected chi connectivity index (χ0v) is 12.3. The van der Waals surface area contributed by atoms with Gasteiger partial charge in [-0.1, -0.05) is 36.4 Å². The molecule has 1 aliphatic heterocycles. The second-order valence-electron chi connectivity index (χ2n) is 5.04. The van der Waals surface area contributed by atoms with Crippen LogP contribution >= 0.6 is 0 Å². The third-order valence-electron chi connectivity index (χ3n) is 3.37. The number of para-hydroxylation sites is 2. The monoisotopic (exact) mass is 312 g/mol. The molecule has 1 unspecified atom stereocenters. The average Bonchev–Trinajstić information content (AvgIpc) is 2.96. The van der Waals surface area contributed by atoms with Gasteiger partial charge < -0.3 is 14.8 Å². The van der Waals surface area contributed by atoms with Gasteiger partial charge in [-0.05, 0) is 24.3 Å². The third kappa shape index (κ3) is 3.79. The molecule has 0 spiro atoms. The highest BCUT2D eigenvalue weighted by atomic mass is 16.6. The highest BCUT2D eigenvalue weighted by molar-refractivity contribution is 5.89. The van der Waals surface area contributed by atoms with Crippen LogP contribution in [0.4, 0.5) is 15.3 Å². The molecular weight excluding hydrogens is 296 g/mol. The number of amides is 2. The van der Waals surface area contributed by atoms with Crippen LogP contribution in [-0.4, -0.2) is 31.4 Å². The van der Waals surface area contributed by atoms with Crippen molar-refractivity contribution in [1.82, 2.24) is 5.32 Å². The van der Waals surface area contributed by atoms with Gasteiger partial charge in [0.15, 0.2) is 0 Å². The number of anilines is 1. The summed E-state index contributed by atoms with van der Waals surface area (Å²) >= 11 is 0. The van der Waals surface area contributed by atoms with Gasteiger partial charge in [0.25, 0.3) is 0 Å². The Labute approximate surface area is 133 Å². The Kier molecular flexibility index (Phi) is 4.42. The first-order chi connectivity index (χ1) is 11.2. The van der Waals surface area contributed by atoms with Crippen LogP contribution in [0.25, 0.3) is 0 Å². The van der Waals surface area contributed by atoms with E-state index in [1.165, 1.54) is 4.90 Å². The minimum absolute atomic E-state index is 0.195. The van der Waals surface area contributed by atoms with Gasteiger partial charge in [-0.3, -0.25) is 4.90 Å². The SMILES string of the molecule is O=C(NCC1CN(c2ccccc2)C(=O)O1)Oc1ccccc1. The lowest BCUT2D eigenvalue weighted by Gasteiger charge is -2.12. The highest BCUT2D eigenvalue weighted by Gasteiger charge is 2.32. The van der Waals surface area contributed by atoms with Crippen LogP contribution in [0.3, 0.4) is 0 Å². The summed E-state index contributed by atoms with van der Waals surface area (Å²) in [4.78, 5) is 25.1. The third-order valence-corrected chi connectivity index (χ3v) is 3.37. The van der Waals surface area contributed by atoms with Crippen LogP contribution in [-0.2, 0) is 4.74 Å². The summed E-state index contributed by atoms with van der Waals surface area (Å²) in [6.45, 7) is 0.579. The number of cyclic esters (lactones) is 1. The van der Waals surface area contributed by atoms with E-state index < -0.39 is 18.3 Å². The number of nitrogens with one attached hydrogen (secondary N) is 1. The van der Waals surface area contributed by atoms with E-state index in [4.69, 9.17) is 9.47 Å². The largest absolute Gasteiger partial charge is 0.442 e. The highest BCUT2D eigenvalue weighted by Crippen LogP contribution is 2.20. The lowest BCUT2D eigenvalue weighted by molar-refractivity contribution is 0.137. The fourth-order valence-corrected chi connectivity index (χ4v) is 2.28. The van der Waals surface area contributed by atoms with Gasteiger partial charge in [-0.15, -0.1) is 0 Å². The first-order valence-corrected chi connectivity index (χ1v) is 7.26. The van der Waals surface area contributed by atoms with Crippen molar-refractivity contribution >= 4 is 17.9 Å². The van der Waals surface area contributed by atoms with E-state index in [0.29, 0.717) is 12.3 Å². The Morgan fingerprint density at radius 2 is 1.78 bits per heavy atom. The molecule has 0 aromatic heterocycles. The molecule has 0 radical (unpaired) electrons. The minimum Gasteiger partial charge on any atom is -0.442 e. The lowest BCUT2D eigenvalue weighted by atomic mass is 10.3. The molecule has 1 heterocycles. The molecular formula is C17H16N2O4. The van der Waals surface area contributed by atoms with Crippen molar-refractivity contribution in [3.63, 3.8) is 0 Å². The summed E-state index contributed by atoms with van der Waals surface area (Å²) in [5, 5.41) is 2.60. The normalized spacial score (nSPS) is 16.8. The molecule has 23 heavy (non-hydrogen) atoms. The van der Waals surface area contributed by atoms with Gasteiger partial charge in [-0.2, -0.15) is 0 Å². The van der Waals surface area contributed by atoms with Gasteiger partial charge in [-0.25, -0.2) is 9.59 Å². The molecule has 1 aliphatic rings. The Morgan fingerprint density at radius 3 is 2.48 bits per heavy atom. The number of benzene rings is 2. The maximum absolute atomic E-state index is 11.9. The van der Waals surface area contributed by atoms with Crippen LogP contribution in [0.15, 0.2) is 60.7 Å². The molecule has 0 aliphatic carbocycles. The predicted molar refractivity (Wildman–Crippen MR) is 84.5 cm³/mol. The van der Waals surface area contributed by atoms with E-state index in [1.807, 2.05) is 36.4 Å². The average molecular weight is 312 g/mol. The quantitative estimate of drug-likeness (QED) is 0.942. The van der Waals surface area contributed by atoms with Crippen LogP contribution in [0.2, 0.25) is 0 Å². The number of hydrogen-bond donors (Lipinski definition) is 1. The van der Waals surface area contributed by atoms with Gasteiger partial charge in [0.1, 0.15) is 11.9 Å².